The van der Waals surface area contributed by atoms with Crippen molar-refractivity contribution in [1.29, 1.82) is 5.26 Å². The number of H-pyrrole nitrogens is 1. The number of nitrogens with zero attached hydrogens (tertiary/aromatic N) is 5. The number of aromatic amines is 1. The molecule has 2 unspecified atom stereocenters. The van der Waals surface area contributed by atoms with Crippen molar-refractivity contribution in [3.05, 3.63) is 40.6 Å². The molecule has 0 amide bonds. The number of hydrogen-bond donors (Lipinski definition) is 2. The van der Waals surface area contributed by atoms with Gasteiger partial charge in [0.15, 0.2) is 0 Å². The highest BCUT2D eigenvalue weighted by Crippen LogP contribution is 2.52. The number of aromatic nitrogens is 4. The van der Waals surface area contributed by atoms with Crippen LogP contribution in [-0.4, -0.2) is 39.8 Å². The molecule has 3 heterocycles. The molecule has 31 heavy (non-hydrogen) atoms. The Hall–Kier alpha value is -2.66. The van der Waals surface area contributed by atoms with E-state index in [9.17, 15) is 5.26 Å². The van der Waals surface area contributed by atoms with Crippen LogP contribution in [0.15, 0.2) is 35.1 Å². The van der Waals surface area contributed by atoms with Gasteiger partial charge in [-0.25, -0.2) is 4.98 Å². The zero-order valence-electron chi connectivity index (χ0n) is 17.6. The van der Waals surface area contributed by atoms with Gasteiger partial charge in [-0.1, -0.05) is 19.4 Å². The van der Waals surface area contributed by atoms with Crippen LogP contribution in [0.2, 0.25) is 0 Å². The SMILES string of the molecule is CC(CNc1nc(N2CC(C#N)C3(CCC3)C2)nc2c(Br)cccc12)Cc1cn[nH]c1. The first-order chi connectivity index (χ1) is 15.1. The van der Waals surface area contributed by atoms with E-state index in [1.54, 1.807) is 0 Å². The highest BCUT2D eigenvalue weighted by molar-refractivity contribution is 9.10. The molecule has 2 fully saturated rings. The second-order valence-corrected chi connectivity index (χ2v) is 9.94. The van der Waals surface area contributed by atoms with Gasteiger partial charge in [-0.15, -0.1) is 0 Å². The van der Waals surface area contributed by atoms with Crippen molar-refractivity contribution < 1.29 is 0 Å². The van der Waals surface area contributed by atoms with E-state index in [4.69, 9.17) is 9.97 Å². The van der Waals surface area contributed by atoms with E-state index in [1.165, 1.54) is 12.0 Å². The Kier molecular flexibility index (Phi) is 5.30. The Labute approximate surface area is 190 Å². The molecule has 2 N–H and O–H groups in total. The molecule has 1 aliphatic carbocycles. The molecule has 0 radical (unpaired) electrons. The molecule has 2 aliphatic rings. The molecular weight excluding hydrogens is 454 g/mol. The molecule has 1 aliphatic heterocycles. The standard InChI is InChI=1S/C23H26BrN7/c1-15(8-16-11-27-28-12-16)10-26-21-18-4-2-5-19(24)20(18)29-22(30-21)31-13-17(9-25)23(14-31)6-3-7-23/h2,4-5,11-12,15,17H,3,6-8,10,13-14H2,1H3,(H,27,28)(H,26,29,30). The summed E-state index contributed by atoms with van der Waals surface area (Å²) < 4.78 is 0.956. The van der Waals surface area contributed by atoms with Crippen LogP contribution in [0.4, 0.5) is 11.8 Å². The van der Waals surface area contributed by atoms with E-state index >= 15 is 0 Å². The largest absolute Gasteiger partial charge is 0.369 e. The molecule has 8 heteroatoms. The van der Waals surface area contributed by atoms with Crippen molar-refractivity contribution in [1.82, 2.24) is 20.2 Å². The molecule has 1 aromatic carbocycles. The van der Waals surface area contributed by atoms with Crippen LogP contribution in [0.1, 0.15) is 31.7 Å². The van der Waals surface area contributed by atoms with Crippen LogP contribution in [0, 0.1) is 28.6 Å². The van der Waals surface area contributed by atoms with Crippen molar-refractivity contribution in [2.24, 2.45) is 17.3 Å². The topological polar surface area (TPSA) is 93.5 Å². The first kappa shape index (κ1) is 20.3. The second-order valence-electron chi connectivity index (χ2n) is 9.08. The minimum atomic E-state index is 0.0613. The molecule has 2 atom stereocenters. The molecule has 0 bridgehead atoms. The fourth-order valence-corrected chi connectivity index (χ4v) is 5.41. The molecule has 3 aromatic rings. The molecule has 1 spiro atoms. The number of halogens is 1. The van der Waals surface area contributed by atoms with Gasteiger partial charge in [-0.05, 0) is 58.8 Å². The number of fused-ring (bicyclic) bond motifs is 1. The van der Waals surface area contributed by atoms with Crippen LogP contribution in [0.3, 0.4) is 0 Å². The van der Waals surface area contributed by atoms with Gasteiger partial charge >= 0.3 is 0 Å². The van der Waals surface area contributed by atoms with Gasteiger partial charge in [0.05, 0.1) is 23.7 Å². The normalized spacial score (nSPS) is 20.5. The molecule has 7 nitrogen and oxygen atoms in total. The predicted molar refractivity (Wildman–Crippen MR) is 125 cm³/mol. The van der Waals surface area contributed by atoms with E-state index in [0.29, 0.717) is 18.4 Å². The van der Waals surface area contributed by atoms with Gasteiger partial charge in [-0.2, -0.15) is 15.3 Å². The lowest BCUT2D eigenvalue weighted by Gasteiger charge is -2.40. The fraction of sp³-hybridized carbons (Fsp3) is 0.478. The number of hydrogen-bond acceptors (Lipinski definition) is 6. The summed E-state index contributed by atoms with van der Waals surface area (Å²) in [5, 5.41) is 21.2. The maximum Gasteiger partial charge on any atom is 0.227 e. The lowest BCUT2D eigenvalue weighted by molar-refractivity contribution is 0.128. The summed E-state index contributed by atoms with van der Waals surface area (Å²) in [6.45, 7) is 4.60. The third-order valence-electron chi connectivity index (χ3n) is 6.86. The monoisotopic (exact) mass is 479 g/mol. The number of anilines is 2. The summed E-state index contributed by atoms with van der Waals surface area (Å²) in [6.07, 6.45) is 8.26. The van der Waals surface area contributed by atoms with Crippen molar-refractivity contribution in [3.63, 3.8) is 0 Å². The molecule has 1 saturated carbocycles. The zero-order valence-corrected chi connectivity index (χ0v) is 19.2. The minimum absolute atomic E-state index is 0.0613. The molecule has 2 aromatic heterocycles. The summed E-state index contributed by atoms with van der Waals surface area (Å²) in [6, 6.07) is 8.64. The van der Waals surface area contributed by atoms with Gasteiger partial charge in [0.1, 0.15) is 5.82 Å². The maximum absolute atomic E-state index is 9.71. The van der Waals surface area contributed by atoms with Crippen LogP contribution >= 0.6 is 15.9 Å². The third-order valence-corrected chi connectivity index (χ3v) is 7.50. The number of rotatable bonds is 6. The smallest absolute Gasteiger partial charge is 0.227 e. The second kappa shape index (κ2) is 8.12. The van der Waals surface area contributed by atoms with Crippen molar-refractivity contribution in [2.75, 3.05) is 29.9 Å². The Balaban J connectivity index is 1.42. The summed E-state index contributed by atoms with van der Waals surface area (Å²) in [4.78, 5) is 12.1. The van der Waals surface area contributed by atoms with Gasteiger partial charge in [0, 0.05) is 41.1 Å². The van der Waals surface area contributed by atoms with E-state index < -0.39 is 0 Å². The van der Waals surface area contributed by atoms with Crippen molar-refractivity contribution in [2.45, 2.75) is 32.6 Å². The summed E-state index contributed by atoms with van der Waals surface area (Å²) in [5.41, 5.74) is 2.24. The summed E-state index contributed by atoms with van der Waals surface area (Å²) in [5.74, 6) is 2.05. The van der Waals surface area contributed by atoms with E-state index in [1.807, 2.05) is 24.5 Å². The van der Waals surface area contributed by atoms with Crippen molar-refractivity contribution >= 4 is 38.6 Å². The Bertz CT molecular complexity index is 1120. The number of benzene rings is 1. The first-order valence-electron chi connectivity index (χ1n) is 10.9. The molecule has 1 saturated heterocycles. The van der Waals surface area contributed by atoms with Gasteiger partial charge in [0.25, 0.3) is 0 Å². The zero-order chi connectivity index (χ0) is 21.4. The van der Waals surface area contributed by atoms with Crippen molar-refractivity contribution in [3.8, 4) is 6.07 Å². The Morgan fingerprint density at radius 3 is 2.94 bits per heavy atom. The average molecular weight is 480 g/mol. The van der Waals surface area contributed by atoms with Crippen LogP contribution in [-0.2, 0) is 6.42 Å². The van der Waals surface area contributed by atoms with Crippen LogP contribution in [0.5, 0.6) is 0 Å². The highest BCUT2D eigenvalue weighted by atomic mass is 79.9. The van der Waals surface area contributed by atoms with E-state index in [-0.39, 0.29) is 11.3 Å². The van der Waals surface area contributed by atoms with Gasteiger partial charge in [-0.3, -0.25) is 5.10 Å². The molecular formula is C23H26BrN7. The Morgan fingerprint density at radius 2 is 2.26 bits per heavy atom. The Morgan fingerprint density at radius 1 is 1.39 bits per heavy atom. The number of nitriles is 1. The predicted octanol–water partition coefficient (Wildman–Crippen LogP) is 4.54. The van der Waals surface area contributed by atoms with E-state index in [2.05, 4.69) is 55.4 Å². The quantitative estimate of drug-likeness (QED) is 0.538. The maximum atomic E-state index is 9.71. The minimum Gasteiger partial charge on any atom is -0.369 e. The van der Waals surface area contributed by atoms with Crippen LogP contribution < -0.4 is 10.2 Å². The average Bonchev–Trinajstić information content (AvgIpc) is 3.39. The van der Waals surface area contributed by atoms with Gasteiger partial charge < -0.3 is 10.2 Å². The van der Waals surface area contributed by atoms with Gasteiger partial charge in [0.2, 0.25) is 5.95 Å². The lowest BCUT2D eigenvalue weighted by Crippen LogP contribution is -2.37. The first-order valence-corrected chi connectivity index (χ1v) is 11.7. The third kappa shape index (κ3) is 3.76. The lowest BCUT2D eigenvalue weighted by atomic mass is 9.63. The molecule has 5 rings (SSSR count). The highest BCUT2D eigenvalue weighted by Gasteiger charge is 2.51. The number of nitrogens with one attached hydrogen (secondary N) is 2. The summed E-state index contributed by atoms with van der Waals surface area (Å²) in [7, 11) is 0. The van der Waals surface area contributed by atoms with E-state index in [0.717, 1.165) is 53.5 Å². The van der Waals surface area contributed by atoms with Crippen LogP contribution in [0.25, 0.3) is 10.9 Å². The fourth-order valence-electron chi connectivity index (χ4n) is 4.95. The number of para-hydroxylation sites is 1. The molecule has 160 valence electrons. The summed E-state index contributed by atoms with van der Waals surface area (Å²) >= 11 is 3.67.